The molecule has 0 amide bonds. The lowest BCUT2D eigenvalue weighted by atomic mass is 10.2. The van der Waals surface area contributed by atoms with Crippen LogP contribution in [0.15, 0.2) is 34.9 Å². The molecule has 16 heavy (non-hydrogen) atoms. The van der Waals surface area contributed by atoms with E-state index in [1.54, 1.807) is 18.2 Å². The van der Waals surface area contributed by atoms with Gasteiger partial charge in [0.15, 0.2) is 5.78 Å². The summed E-state index contributed by atoms with van der Waals surface area (Å²) in [5, 5.41) is 3.85. The van der Waals surface area contributed by atoms with E-state index in [4.69, 9.17) is 0 Å². The Labute approximate surface area is 100 Å². The van der Waals surface area contributed by atoms with Gasteiger partial charge >= 0.3 is 0 Å². The van der Waals surface area contributed by atoms with Gasteiger partial charge in [0.2, 0.25) is 5.95 Å². The maximum absolute atomic E-state index is 13.8. The van der Waals surface area contributed by atoms with Gasteiger partial charge in [-0.15, -0.1) is 0 Å². The Morgan fingerprint density at radius 3 is 2.81 bits per heavy atom. The van der Waals surface area contributed by atoms with Crippen LogP contribution in [-0.2, 0) is 0 Å². The number of hydrogen-bond donors (Lipinski definition) is 0. The molecule has 0 radical (unpaired) electrons. The van der Waals surface area contributed by atoms with Crippen molar-refractivity contribution in [2.45, 2.75) is 6.92 Å². The molecule has 3 nitrogen and oxygen atoms in total. The Morgan fingerprint density at radius 2 is 2.25 bits per heavy atom. The summed E-state index contributed by atoms with van der Waals surface area (Å²) in [7, 11) is 0. The SMILES string of the molecule is CC(=O)c1cnn(-c2cccc(Br)c2)c1F. The molecule has 0 atom stereocenters. The van der Waals surface area contributed by atoms with Crippen LogP contribution in [0.5, 0.6) is 0 Å². The molecule has 0 spiro atoms. The molecule has 2 rings (SSSR count). The standard InChI is InChI=1S/C11H8BrFN2O/c1-7(16)10-6-14-15(11(10)13)9-4-2-3-8(12)5-9/h2-6H,1H3. The van der Waals surface area contributed by atoms with Crippen molar-refractivity contribution >= 4 is 21.7 Å². The van der Waals surface area contributed by atoms with E-state index >= 15 is 0 Å². The van der Waals surface area contributed by atoms with Crippen molar-refractivity contribution < 1.29 is 9.18 Å². The minimum absolute atomic E-state index is 0.0000227. The van der Waals surface area contributed by atoms with Crippen molar-refractivity contribution in [1.82, 2.24) is 9.78 Å². The van der Waals surface area contributed by atoms with Gasteiger partial charge in [-0.1, -0.05) is 22.0 Å². The highest BCUT2D eigenvalue weighted by atomic mass is 79.9. The van der Waals surface area contributed by atoms with Crippen molar-refractivity contribution in [3.05, 3.63) is 46.4 Å². The van der Waals surface area contributed by atoms with Crippen molar-refractivity contribution in [3.8, 4) is 5.69 Å². The lowest BCUT2D eigenvalue weighted by molar-refractivity contribution is 0.101. The van der Waals surface area contributed by atoms with Crippen molar-refractivity contribution in [2.75, 3.05) is 0 Å². The van der Waals surface area contributed by atoms with Gasteiger partial charge in [0.05, 0.1) is 17.4 Å². The normalized spacial score (nSPS) is 10.4. The van der Waals surface area contributed by atoms with Crippen LogP contribution in [0.3, 0.4) is 0 Å². The molecular formula is C11H8BrFN2O. The smallest absolute Gasteiger partial charge is 0.227 e. The minimum Gasteiger partial charge on any atom is -0.294 e. The molecule has 2 aromatic rings. The first-order chi connectivity index (χ1) is 7.59. The zero-order valence-corrected chi connectivity index (χ0v) is 10.0. The third-order valence-electron chi connectivity index (χ3n) is 2.14. The van der Waals surface area contributed by atoms with Gasteiger partial charge in [-0.25, -0.2) is 4.68 Å². The van der Waals surface area contributed by atoms with Crippen molar-refractivity contribution in [2.24, 2.45) is 0 Å². The molecule has 0 aliphatic heterocycles. The fourth-order valence-electron chi connectivity index (χ4n) is 1.36. The van der Waals surface area contributed by atoms with Gasteiger partial charge in [-0.2, -0.15) is 9.49 Å². The second-order valence-corrected chi connectivity index (χ2v) is 4.21. The molecule has 0 fully saturated rings. The largest absolute Gasteiger partial charge is 0.294 e. The Bertz CT molecular complexity index is 551. The van der Waals surface area contributed by atoms with Crippen LogP contribution in [0.1, 0.15) is 17.3 Å². The number of ketones is 1. The molecule has 82 valence electrons. The summed E-state index contributed by atoms with van der Waals surface area (Å²) < 4.78 is 15.7. The minimum atomic E-state index is -0.634. The Hall–Kier alpha value is -1.49. The fourth-order valence-corrected chi connectivity index (χ4v) is 1.74. The molecule has 0 bridgehead atoms. The Kier molecular flexibility index (Phi) is 2.87. The molecule has 1 heterocycles. The number of nitrogens with zero attached hydrogens (tertiary/aromatic N) is 2. The van der Waals surface area contributed by atoms with E-state index in [2.05, 4.69) is 21.0 Å². The lowest BCUT2D eigenvalue weighted by Crippen LogP contribution is -2.02. The number of halogens is 2. The maximum Gasteiger partial charge on any atom is 0.227 e. The molecule has 0 aliphatic carbocycles. The number of aromatic nitrogens is 2. The van der Waals surface area contributed by atoms with Crippen LogP contribution >= 0.6 is 15.9 Å². The number of rotatable bonds is 2. The Balaban J connectivity index is 2.53. The zero-order chi connectivity index (χ0) is 11.7. The number of carbonyl (C=O) groups is 1. The first-order valence-electron chi connectivity index (χ1n) is 4.60. The third-order valence-corrected chi connectivity index (χ3v) is 2.64. The topological polar surface area (TPSA) is 34.9 Å². The van der Waals surface area contributed by atoms with Crippen molar-refractivity contribution in [1.29, 1.82) is 0 Å². The summed E-state index contributed by atoms with van der Waals surface area (Å²) in [5.41, 5.74) is 0.569. The molecule has 1 aromatic heterocycles. The number of carbonyl (C=O) groups excluding carboxylic acids is 1. The quantitative estimate of drug-likeness (QED) is 0.794. The summed E-state index contributed by atoms with van der Waals surface area (Å²) in [4.78, 5) is 11.1. The third kappa shape index (κ3) is 1.90. The Morgan fingerprint density at radius 1 is 1.50 bits per heavy atom. The van der Waals surface area contributed by atoms with E-state index in [0.717, 1.165) is 9.15 Å². The van der Waals surface area contributed by atoms with E-state index in [0.29, 0.717) is 5.69 Å². The highest BCUT2D eigenvalue weighted by Gasteiger charge is 2.14. The van der Waals surface area contributed by atoms with Gasteiger partial charge in [-0.3, -0.25) is 4.79 Å². The molecule has 5 heteroatoms. The van der Waals surface area contributed by atoms with Crippen LogP contribution in [0.4, 0.5) is 4.39 Å². The van der Waals surface area contributed by atoms with E-state index < -0.39 is 5.95 Å². The van der Waals surface area contributed by atoms with Gasteiger partial charge in [0.1, 0.15) is 0 Å². The number of benzene rings is 1. The fraction of sp³-hybridized carbons (Fsp3) is 0.0909. The van der Waals surface area contributed by atoms with Crippen LogP contribution in [-0.4, -0.2) is 15.6 Å². The van der Waals surface area contributed by atoms with Crippen LogP contribution in [0, 0.1) is 5.95 Å². The van der Waals surface area contributed by atoms with E-state index in [1.165, 1.54) is 13.1 Å². The van der Waals surface area contributed by atoms with Crippen LogP contribution < -0.4 is 0 Å². The van der Waals surface area contributed by atoms with E-state index in [9.17, 15) is 9.18 Å². The first-order valence-corrected chi connectivity index (χ1v) is 5.39. The maximum atomic E-state index is 13.8. The first kappa shape index (κ1) is 11.0. The second-order valence-electron chi connectivity index (χ2n) is 3.30. The molecule has 0 unspecified atom stereocenters. The van der Waals surface area contributed by atoms with E-state index in [1.807, 2.05) is 6.07 Å². The molecule has 0 saturated carbocycles. The average Bonchev–Trinajstić information content (AvgIpc) is 2.60. The molecule has 0 N–H and O–H groups in total. The second kappa shape index (κ2) is 4.17. The lowest BCUT2D eigenvalue weighted by Gasteiger charge is -2.02. The van der Waals surface area contributed by atoms with Gasteiger partial charge in [0.25, 0.3) is 0 Å². The average molecular weight is 283 g/mol. The predicted molar refractivity (Wildman–Crippen MR) is 61.2 cm³/mol. The number of hydrogen-bond acceptors (Lipinski definition) is 2. The van der Waals surface area contributed by atoms with Gasteiger partial charge in [0, 0.05) is 4.47 Å². The summed E-state index contributed by atoms with van der Waals surface area (Å²) in [6.45, 7) is 1.31. The summed E-state index contributed by atoms with van der Waals surface area (Å²) >= 11 is 3.29. The summed E-state index contributed by atoms with van der Waals surface area (Å²) in [5.74, 6) is -0.968. The van der Waals surface area contributed by atoms with Crippen LogP contribution in [0.2, 0.25) is 0 Å². The van der Waals surface area contributed by atoms with E-state index in [-0.39, 0.29) is 11.3 Å². The highest BCUT2D eigenvalue weighted by Crippen LogP contribution is 2.17. The highest BCUT2D eigenvalue weighted by molar-refractivity contribution is 9.10. The predicted octanol–water partition coefficient (Wildman–Crippen LogP) is 2.98. The summed E-state index contributed by atoms with van der Waals surface area (Å²) in [6.07, 6.45) is 1.23. The van der Waals surface area contributed by atoms with Crippen LogP contribution in [0.25, 0.3) is 5.69 Å². The van der Waals surface area contributed by atoms with Gasteiger partial charge < -0.3 is 0 Å². The molecule has 1 aromatic carbocycles. The zero-order valence-electron chi connectivity index (χ0n) is 8.45. The van der Waals surface area contributed by atoms with Gasteiger partial charge in [-0.05, 0) is 25.1 Å². The van der Waals surface area contributed by atoms with Crippen molar-refractivity contribution in [3.63, 3.8) is 0 Å². The number of Topliss-reactive ketones (excluding diaryl/α,β-unsaturated/α-hetero) is 1. The monoisotopic (exact) mass is 282 g/mol. The molecule has 0 saturated heterocycles. The summed E-state index contributed by atoms with van der Waals surface area (Å²) in [6, 6.07) is 7.04. The molecular weight excluding hydrogens is 275 g/mol. The molecule has 0 aliphatic rings.